The van der Waals surface area contributed by atoms with Crippen LogP contribution >= 0.6 is 0 Å². The molecular formula is C56H86N4O63S5. The third-order valence-corrected chi connectivity index (χ3v) is 21.3. The largest absolute Gasteiger partial charge is 0.479 e. The molecule has 0 unspecified atom stereocenters. The number of aliphatic carboxylic acids is 4. The average molecular weight is 1980 g/mol. The highest BCUT2D eigenvalue weighted by Gasteiger charge is 2.63. The second-order valence-corrected chi connectivity index (χ2v) is 33.6. The van der Waals surface area contributed by atoms with Crippen LogP contribution in [-0.4, -0.2) is 471 Å². The van der Waals surface area contributed by atoms with Crippen LogP contribution in [0.15, 0.2) is 0 Å². The van der Waals surface area contributed by atoms with Gasteiger partial charge in [0.05, 0.1) is 26.4 Å². The fraction of sp³-hybridized carbons (Fsp3) is 0.857. The molecule has 0 saturated carbocycles. The van der Waals surface area contributed by atoms with Gasteiger partial charge in [-0.05, 0) is 0 Å². The number of nitrogens with one attached hydrogen (secondary N) is 4. The first-order valence-electron chi connectivity index (χ1n) is 35.9. The van der Waals surface area contributed by atoms with Crippen LogP contribution in [0.2, 0.25) is 0 Å². The lowest BCUT2D eigenvalue weighted by molar-refractivity contribution is -0.466. The molecule has 0 aromatic heterocycles. The molecule has 0 radical (unpaired) electrons. The molecular weight excluding hydrogens is 1900 g/mol. The number of ether oxygens (including phenoxy) is 12. The molecule has 0 aromatic rings. The Kier molecular flexibility index (Phi) is 36.8. The third kappa shape index (κ3) is 27.8. The summed E-state index contributed by atoms with van der Waals surface area (Å²) in [6.45, 7) is -3.17. The molecule has 26 N–H and O–H groups in total. The Hall–Kier alpha value is -6.13. The summed E-state index contributed by atoms with van der Waals surface area (Å²) in [5.41, 5.74) is 0. The summed E-state index contributed by atoms with van der Waals surface area (Å²) in [4.78, 5) is 134. The number of carbonyl (C=O) groups is 8. The standard InChI is InChI=1S/C56H86N4O63S5/c1-9(62)57-17-33(21(66)14(104-49(17)85)6-101-124(86,87)88)108-53-29(74)26(71)38(42(113-53)46(79)80)118-121-52-20(60-12(4)65)36(32(13(5-61)105-52)122-127(95,96)97)111-55-31(76)28(73)39(44(115-55)48(83)84)117-119-50-18(58-10(2)63)34(22(67)15(106-50)7-102-125(89,90)91)109-54-30(75)27(72)37(43(114-54)47(81)82)116-120-51-19(59-11(3)64)35(23(68)16(107-51)8-103-126(92,93)94)110-56-41(123-128(98,99)100)25(70)24(69)40(112-56)45(77)78/h13-44,49-56,61,66-76,85H,5-8H2,1-4H3,(H,57,62)(H,58,63)(H,59,64)(H,60,65)(H,77,78)(H,79,80)(H,81,82)(H,83,84)(H,86,87,88)(H,89,90,91)(H,92,93,94)(H,95,96,97)(H,98,99,100)/t13-,14-,15-,16-,17-,18-,19-,20-,21+,22+,23+,24+,25+,26-,27-,28-,29-,30-,31-,32+,33-,34-,35-,36-,37+,38+,39+,40+,41-,42+,43+,44+,49+,50-,51-,52-,53-,54-,55-,56-/m1/s1. The Morgan fingerprint density at radius 1 is 0.273 bits per heavy atom. The number of aliphatic hydroxyl groups is 13. The van der Waals surface area contributed by atoms with Crippen molar-refractivity contribution in [2.75, 3.05) is 26.4 Å². The van der Waals surface area contributed by atoms with Gasteiger partial charge in [0.1, 0.15) is 146 Å². The fourth-order valence-electron chi connectivity index (χ4n) is 13.5. The maximum atomic E-state index is 13.2. The normalized spacial score (nSPS) is 41.1. The zero-order valence-electron chi connectivity index (χ0n) is 64.5. The lowest BCUT2D eigenvalue weighted by Crippen LogP contribution is -2.70. The second kappa shape index (κ2) is 43.9. The predicted octanol–water partition coefficient (Wildman–Crippen LogP) is -18.6. The van der Waals surface area contributed by atoms with E-state index in [2.05, 4.69) is 22.0 Å². The zero-order valence-corrected chi connectivity index (χ0v) is 68.6. The Morgan fingerprint density at radius 3 is 0.844 bits per heavy atom. The summed E-state index contributed by atoms with van der Waals surface area (Å²) in [5, 5.41) is 196. The van der Waals surface area contributed by atoms with Crippen LogP contribution in [0.5, 0.6) is 0 Å². The second-order valence-electron chi connectivity index (χ2n) is 28.2. The Bertz CT molecular complexity index is 4450. The number of rotatable bonds is 39. The van der Waals surface area contributed by atoms with E-state index in [4.69, 9.17) is 94.9 Å². The van der Waals surface area contributed by atoms with Crippen molar-refractivity contribution in [1.29, 1.82) is 0 Å². The van der Waals surface area contributed by atoms with E-state index in [1.165, 1.54) is 0 Å². The van der Waals surface area contributed by atoms with Gasteiger partial charge in [-0.1, -0.05) is 0 Å². The summed E-state index contributed by atoms with van der Waals surface area (Å²) in [5.74, 6) is -13.8. The van der Waals surface area contributed by atoms with Gasteiger partial charge in [-0.25, -0.2) is 69.4 Å². The van der Waals surface area contributed by atoms with Crippen LogP contribution in [0.1, 0.15) is 27.7 Å². The van der Waals surface area contributed by atoms with E-state index in [-0.39, 0.29) is 0 Å². The van der Waals surface area contributed by atoms with E-state index < -0.39 is 371 Å². The fourth-order valence-corrected chi connectivity index (χ4v) is 15.4. The topological polar surface area (TPSA) is 1010 Å². The molecule has 4 amide bonds. The molecule has 0 aromatic carbocycles. The number of carboxylic acids is 4. The number of carboxylic acid groups (broad SMARTS) is 4. The van der Waals surface area contributed by atoms with Crippen LogP contribution in [0.25, 0.3) is 0 Å². The number of carbonyl (C=O) groups excluding carboxylic acids is 4. The molecule has 72 heteroatoms. The summed E-state index contributed by atoms with van der Waals surface area (Å²) in [7, 11) is -28.3. The molecule has 8 saturated heterocycles. The number of hydrogen-bond donors (Lipinski definition) is 26. The van der Waals surface area contributed by atoms with E-state index in [0.29, 0.717) is 20.8 Å². The maximum absolute atomic E-state index is 13.2. The van der Waals surface area contributed by atoms with Crippen LogP contribution in [0, 0.1) is 0 Å². The molecule has 67 nitrogen and oxygen atoms in total. The summed E-state index contributed by atoms with van der Waals surface area (Å²) >= 11 is 0. The molecule has 738 valence electrons. The highest BCUT2D eigenvalue weighted by molar-refractivity contribution is 7.81. The highest BCUT2D eigenvalue weighted by Crippen LogP contribution is 2.40. The van der Waals surface area contributed by atoms with E-state index >= 15 is 0 Å². The molecule has 128 heavy (non-hydrogen) atoms. The smallest absolute Gasteiger partial charge is 0.397 e. The summed E-state index contributed by atoms with van der Waals surface area (Å²) < 4.78 is 254. The first-order valence-corrected chi connectivity index (χ1v) is 42.7. The first-order chi connectivity index (χ1) is 59.1. The SMILES string of the molecule is CC(=O)N[C@@H]1[C@@H](O[C@@H]2O[C@H](C(=O)O)[C@@H](OO[C@H]3O[C@H](CO)[C@H](OS(=O)(=O)O)[C@H](O[C@@H]4O[C@H](C(=O)O)[C@@H](OO[C@H]5O[C@H](COS(=O)(=O)O)[C@H](O)[C@H](O[C@@H]6O[C@H](C(=O)O)[C@@H](OO[C@H]7O[C@H](COS(=O)(=O)O)[C@H](O)[C@H](O[C@@H]8O[C@H](C(=O)O)[C@@H](O)[C@H](O)[C@H]8OS(=O)(=O)O)[C@H]7NC(C)=O)[C@H](O)[C@H]6O)[C@H]5NC(C)=O)[C@H](O)[C@H]4O)[C@H]3NC(C)=O)[C@H](O)[C@H]2O)[C@@H](O)[C@@H](COS(=O)(=O)O)O[C@@H]1O. The Balaban J connectivity index is 1.04. The predicted molar refractivity (Wildman–Crippen MR) is 368 cm³/mol. The van der Waals surface area contributed by atoms with E-state index in [1.54, 1.807) is 0 Å². The first kappa shape index (κ1) is 107. The number of amides is 4. The van der Waals surface area contributed by atoms with Crippen molar-refractivity contribution in [3.63, 3.8) is 0 Å². The van der Waals surface area contributed by atoms with Crippen molar-refractivity contribution in [2.24, 2.45) is 0 Å². The summed E-state index contributed by atoms with van der Waals surface area (Å²) in [6.07, 6.45) is -95.5. The monoisotopic (exact) mass is 1980 g/mol. The quantitative estimate of drug-likeness (QED) is 0.0154. The van der Waals surface area contributed by atoms with Crippen LogP contribution in [0.4, 0.5) is 0 Å². The third-order valence-electron chi connectivity index (χ3n) is 19.1. The van der Waals surface area contributed by atoms with Crippen molar-refractivity contribution < 1.29 is 297 Å². The molecule has 8 fully saturated rings. The minimum Gasteiger partial charge on any atom is -0.479 e. The Morgan fingerprint density at radius 2 is 0.539 bits per heavy atom. The van der Waals surface area contributed by atoms with E-state index in [0.717, 1.165) is 6.92 Å². The minimum absolute atomic E-state index is 0.671. The van der Waals surface area contributed by atoms with Gasteiger partial charge in [0, 0.05) is 27.7 Å². The number of hydrogen-bond acceptors (Lipinski definition) is 54. The van der Waals surface area contributed by atoms with E-state index in [9.17, 15) is 185 Å². The maximum Gasteiger partial charge on any atom is 0.397 e. The molecule has 0 bridgehead atoms. The molecule has 8 aliphatic rings. The van der Waals surface area contributed by atoms with Gasteiger partial charge >= 0.3 is 75.9 Å². The lowest BCUT2D eigenvalue weighted by atomic mass is 9.95. The highest BCUT2D eigenvalue weighted by atomic mass is 32.3. The van der Waals surface area contributed by atoms with Gasteiger partial charge < -0.3 is 165 Å². The average Bonchev–Trinajstić information content (AvgIpc) is 0.764. The molecule has 8 aliphatic heterocycles. The van der Waals surface area contributed by atoms with Crippen LogP contribution in [-0.2, 0) is 197 Å². The molecule has 8 rings (SSSR count). The van der Waals surface area contributed by atoms with Gasteiger partial charge in [-0.15, -0.1) is 0 Å². The molecule has 8 heterocycles. The summed E-state index contributed by atoms with van der Waals surface area (Å²) in [6, 6.07) is -9.20. The van der Waals surface area contributed by atoms with Crippen molar-refractivity contribution in [3.8, 4) is 0 Å². The van der Waals surface area contributed by atoms with Crippen LogP contribution < -0.4 is 21.3 Å². The van der Waals surface area contributed by atoms with Crippen molar-refractivity contribution in [3.05, 3.63) is 0 Å². The molecule has 0 aliphatic carbocycles. The van der Waals surface area contributed by atoms with Crippen LogP contribution in [0.3, 0.4) is 0 Å². The van der Waals surface area contributed by atoms with Gasteiger partial charge in [0.2, 0.25) is 42.5 Å². The lowest BCUT2D eigenvalue weighted by Gasteiger charge is -2.48. The van der Waals surface area contributed by atoms with Gasteiger partial charge in [0.15, 0.2) is 80.3 Å². The van der Waals surface area contributed by atoms with Crippen molar-refractivity contribution in [1.82, 2.24) is 21.3 Å². The molecule has 40 atom stereocenters. The number of aliphatic hydroxyl groups excluding tert-OH is 13. The minimum atomic E-state index is -5.93. The van der Waals surface area contributed by atoms with E-state index in [1.807, 2.05) is 16.0 Å². The van der Waals surface area contributed by atoms with Crippen molar-refractivity contribution in [2.45, 2.75) is 273 Å². The van der Waals surface area contributed by atoms with Gasteiger partial charge in [0.25, 0.3) is 0 Å². The van der Waals surface area contributed by atoms with Crippen molar-refractivity contribution >= 4 is 99.5 Å². The Labute approximate surface area is 714 Å². The van der Waals surface area contributed by atoms with Gasteiger partial charge in [-0.2, -0.15) is 42.1 Å². The zero-order chi connectivity index (χ0) is 96.1. The van der Waals surface area contributed by atoms with Gasteiger partial charge in [-0.3, -0.25) is 41.9 Å². The molecule has 0 spiro atoms.